The van der Waals surface area contributed by atoms with Gasteiger partial charge in [-0.1, -0.05) is 18.1 Å². The molecule has 228 valence electrons. The van der Waals surface area contributed by atoms with Gasteiger partial charge in [0.2, 0.25) is 10.0 Å². The van der Waals surface area contributed by atoms with E-state index in [4.69, 9.17) is 14.7 Å². The Morgan fingerprint density at radius 2 is 1.86 bits per heavy atom. The standard InChI is InChI=1S/C33H34N6O4S.H2/c1-4-5-15-44(41,42)39-14-13-24-9-10-25(16-31(24)39)33(40)35-19-27-17-30-26(18-34-27)11-12-29(36-30)28-7-6-8-32(37-28)38-20-22(2)43-23(3)21-38;/h6-12,16-18,22-23H,13-15,19-21H2,1-3H3,(H,35,40);1H/t22-,23+;. The van der Waals surface area contributed by atoms with Crippen molar-refractivity contribution in [3.05, 3.63) is 77.6 Å². The average molecular weight is 613 g/mol. The van der Waals surface area contributed by atoms with Crippen LogP contribution in [0, 0.1) is 11.8 Å². The summed E-state index contributed by atoms with van der Waals surface area (Å²) in [4.78, 5) is 29.6. The second kappa shape index (κ2) is 12.2. The Kier molecular flexibility index (Phi) is 8.21. The minimum Gasteiger partial charge on any atom is -0.372 e. The van der Waals surface area contributed by atoms with Crippen molar-refractivity contribution in [1.82, 2.24) is 20.3 Å². The molecule has 2 aliphatic rings. The molecule has 4 aromatic rings. The normalized spacial score (nSPS) is 18.1. The maximum absolute atomic E-state index is 13.1. The number of carbonyl (C=O) groups excluding carboxylic acids is 1. The number of hydrogen-bond donors (Lipinski definition) is 1. The highest BCUT2D eigenvalue weighted by atomic mass is 32.2. The first-order chi connectivity index (χ1) is 21.2. The number of nitrogens with one attached hydrogen (secondary N) is 1. The van der Waals surface area contributed by atoms with Gasteiger partial charge < -0.3 is 15.0 Å². The lowest BCUT2D eigenvalue weighted by atomic mass is 10.1. The van der Waals surface area contributed by atoms with Crippen LogP contribution in [0.5, 0.6) is 0 Å². The van der Waals surface area contributed by atoms with Crippen LogP contribution in [0.15, 0.2) is 60.8 Å². The summed E-state index contributed by atoms with van der Waals surface area (Å²) in [5.74, 6) is 5.59. The Hall–Kier alpha value is -4.53. The van der Waals surface area contributed by atoms with E-state index in [0.717, 1.165) is 46.8 Å². The number of amides is 1. The van der Waals surface area contributed by atoms with Gasteiger partial charge in [0.25, 0.3) is 5.91 Å². The van der Waals surface area contributed by atoms with Crippen molar-refractivity contribution in [2.24, 2.45) is 0 Å². The van der Waals surface area contributed by atoms with Gasteiger partial charge in [0.05, 0.1) is 47.0 Å². The summed E-state index contributed by atoms with van der Waals surface area (Å²) in [6.45, 7) is 7.85. The number of ether oxygens (including phenoxy) is 1. The first kappa shape index (κ1) is 29.5. The van der Waals surface area contributed by atoms with Gasteiger partial charge in [-0.25, -0.2) is 18.4 Å². The maximum atomic E-state index is 13.1. The van der Waals surface area contributed by atoms with Gasteiger partial charge in [0.1, 0.15) is 11.6 Å². The number of carbonyl (C=O) groups is 1. The molecule has 0 saturated carbocycles. The van der Waals surface area contributed by atoms with Crippen molar-refractivity contribution in [3.8, 4) is 23.2 Å². The molecule has 0 bridgehead atoms. The van der Waals surface area contributed by atoms with Crippen molar-refractivity contribution >= 4 is 38.3 Å². The van der Waals surface area contributed by atoms with Crippen LogP contribution in [-0.4, -0.2) is 66.9 Å². The second-order valence-corrected chi connectivity index (χ2v) is 13.0. The molecule has 0 unspecified atom stereocenters. The minimum absolute atomic E-state index is 0. The number of anilines is 2. The maximum Gasteiger partial charge on any atom is 0.251 e. The van der Waals surface area contributed by atoms with E-state index < -0.39 is 10.0 Å². The van der Waals surface area contributed by atoms with Gasteiger partial charge in [-0.3, -0.25) is 14.1 Å². The zero-order valence-corrected chi connectivity index (χ0v) is 25.8. The molecule has 1 amide bonds. The monoisotopic (exact) mass is 612 g/mol. The molecule has 2 atom stereocenters. The van der Waals surface area contributed by atoms with Gasteiger partial charge in [0, 0.05) is 38.2 Å². The van der Waals surface area contributed by atoms with Crippen LogP contribution in [0.2, 0.25) is 0 Å². The third kappa shape index (κ3) is 6.23. The molecule has 1 fully saturated rings. The summed E-state index contributed by atoms with van der Waals surface area (Å²) < 4.78 is 32.8. The summed E-state index contributed by atoms with van der Waals surface area (Å²) in [7, 11) is -3.59. The Morgan fingerprint density at radius 3 is 2.66 bits per heavy atom. The zero-order chi connectivity index (χ0) is 30.8. The van der Waals surface area contributed by atoms with E-state index in [1.165, 1.54) is 4.31 Å². The van der Waals surface area contributed by atoms with Gasteiger partial charge in [-0.15, -0.1) is 5.92 Å². The lowest BCUT2D eigenvalue weighted by Gasteiger charge is -2.36. The largest absolute Gasteiger partial charge is 0.372 e. The van der Waals surface area contributed by atoms with Gasteiger partial charge in [-0.05, 0) is 75.2 Å². The minimum atomic E-state index is -3.59. The van der Waals surface area contributed by atoms with Crippen LogP contribution in [0.3, 0.4) is 0 Å². The Bertz CT molecular complexity index is 1900. The number of morpholine rings is 1. The number of aromatic nitrogens is 3. The third-order valence-electron chi connectivity index (χ3n) is 7.77. The predicted octanol–water partition coefficient (Wildman–Crippen LogP) is 4.20. The molecule has 11 heteroatoms. The van der Waals surface area contributed by atoms with Crippen LogP contribution in [-0.2, 0) is 27.7 Å². The van der Waals surface area contributed by atoms with Crippen molar-refractivity contribution < 1.29 is 19.4 Å². The molecule has 5 heterocycles. The number of rotatable bonds is 7. The summed E-state index contributed by atoms with van der Waals surface area (Å²) in [5.41, 5.74) is 4.72. The lowest BCUT2D eigenvalue weighted by Crippen LogP contribution is -2.45. The number of nitrogens with zero attached hydrogens (tertiary/aromatic N) is 5. The molecule has 1 saturated heterocycles. The van der Waals surface area contributed by atoms with Crippen molar-refractivity contribution in [3.63, 3.8) is 0 Å². The molecule has 2 aliphatic heterocycles. The van der Waals surface area contributed by atoms with E-state index in [-0.39, 0.29) is 31.8 Å². The number of pyridine rings is 3. The Labute approximate surface area is 259 Å². The average Bonchev–Trinajstić information content (AvgIpc) is 3.46. The van der Waals surface area contributed by atoms with E-state index in [0.29, 0.717) is 29.9 Å². The van der Waals surface area contributed by atoms with Crippen LogP contribution in [0.1, 0.15) is 43.8 Å². The van der Waals surface area contributed by atoms with E-state index in [2.05, 4.69) is 40.9 Å². The van der Waals surface area contributed by atoms with E-state index in [1.54, 1.807) is 25.3 Å². The van der Waals surface area contributed by atoms with Crippen molar-refractivity contribution in [2.75, 3.05) is 34.6 Å². The quantitative estimate of drug-likeness (QED) is 0.309. The summed E-state index contributed by atoms with van der Waals surface area (Å²) in [6.07, 6.45) is 2.60. The summed E-state index contributed by atoms with van der Waals surface area (Å²) in [6, 6.07) is 16.9. The molecule has 0 aliphatic carbocycles. The second-order valence-electron chi connectivity index (χ2n) is 11.1. The number of sulfonamides is 1. The molecule has 3 aromatic heterocycles. The molecular weight excluding hydrogens is 576 g/mol. The fourth-order valence-corrected chi connectivity index (χ4v) is 7.02. The molecule has 0 spiro atoms. The first-order valence-corrected chi connectivity index (χ1v) is 16.3. The first-order valence-electron chi connectivity index (χ1n) is 14.6. The number of fused-ring (bicyclic) bond motifs is 2. The molecule has 1 N–H and O–H groups in total. The van der Waals surface area contributed by atoms with Crippen LogP contribution in [0.25, 0.3) is 22.3 Å². The highest BCUT2D eigenvalue weighted by molar-refractivity contribution is 7.93. The molecule has 44 heavy (non-hydrogen) atoms. The number of hydrogen-bond acceptors (Lipinski definition) is 8. The summed E-state index contributed by atoms with van der Waals surface area (Å²) >= 11 is 0. The van der Waals surface area contributed by atoms with Crippen molar-refractivity contribution in [1.29, 1.82) is 0 Å². The molecule has 1 aromatic carbocycles. The fourth-order valence-electron chi connectivity index (χ4n) is 5.70. The van der Waals surface area contributed by atoms with Crippen LogP contribution in [0.4, 0.5) is 11.5 Å². The zero-order valence-electron chi connectivity index (χ0n) is 24.9. The lowest BCUT2D eigenvalue weighted by molar-refractivity contribution is -0.00545. The van der Waals surface area contributed by atoms with Crippen LogP contribution >= 0.6 is 0 Å². The highest BCUT2D eigenvalue weighted by Crippen LogP contribution is 2.31. The third-order valence-corrected chi connectivity index (χ3v) is 9.33. The molecule has 10 nitrogen and oxygen atoms in total. The van der Waals surface area contributed by atoms with E-state index in [9.17, 15) is 13.2 Å². The van der Waals surface area contributed by atoms with Crippen LogP contribution < -0.4 is 14.5 Å². The smallest absolute Gasteiger partial charge is 0.251 e. The SMILES string of the molecule is CC#CCS(=O)(=O)N1CCc2ccc(C(=O)NCc3cc4nc(-c5cccc(N6C[C@@H](C)O[C@@H](C)C6)n5)ccc4cn3)cc21.[HH]. The van der Waals surface area contributed by atoms with Crippen molar-refractivity contribution in [2.45, 2.75) is 45.9 Å². The molecule has 6 rings (SSSR count). The predicted molar refractivity (Wildman–Crippen MR) is 173 cm³/mol. The highest BCUT2D eigenvalue weighted by Gasteiger charge is 2.29. The summed E-state index contributed by atoms with van der Waals surface area (Å²) in [5, 5.41) is 3.79. The topological polar surface area (TPSA) is 118 Å². The van der Waals surface area contributed by atoms with Gasteiger partial charge in [0.15, 0.2) is 0 Å². The Balaban J connectivity index is 0.00000400. The van der Waals surface area contributed by atoms with E-state index in [1.807, 2.05) is 42.5 Å². The number of benzene rings is 1. The van der Waals surface area contributed by atoms with Gasteiger partial charge >= 0.3 is 0 Å². The van der Waals surface area contributed by atoms with Gasteiger partial charge in [-0.2, -0.15) is 0 Å². The van der Waals surface area contributed by atoms with E-state index >= 15 is 0 Å². The molecule has 0 radical (unpaired) electrons. The molecular formula is C33H36N6O4S. The Morgan fingerprint density at radius 1 is 1.07 bits per heavy atom. The fraction of sp³-hybridized carbons (Fsp3) is 0.333.